The molecule has 1 heterocycles. The minimum Gasteiger partial charge on any atom is -0.304 e. The summed E-state index contributed by atoms with van der Waals surface area (Å²) in [6, 6.07) is 9.22. The molecule has 1 aliphatic heterocycles. The second-order valence-electron chi connectivity index (χ2n) is 6.76. The molecule has 2 aliphatic rings. The highest BCUT2D eigenvalue weighted by molar-refractivity contribution is 5.86. The van der Waals surface area contributed by atoms with Crippen LogP contribution in [0.3, 0.4) is 0 Å². The van der Waals surface area contributed by atoms with Crippen LogP contribution >= 0.6 is 0 Å². The van der Waals surface area contributed by atoms with Crippen LogP contribution in [0.25, 0.3) is 0 Å². The lowest BCUT2D eigenvalue weighted by molar-refractivity contribution is -0.121. The zero-order valence-electron chi connectivity index (χ0n) is 13.1. The largest absolute Gasteiger partial charge is 0.304 e. The molecule has 1 aromatic rings. The summed E-state index contributed by atoms with van der Waals surface area (Å²) in [5.74, 6) is 1.20. The third-order valence-electron chi connectivity index (χ3n) is 5.35. The summed E-state index contributed by atoms with van der Waals surface area (Å²) in [5, 5.41) is 3.65. The number of hydrogen-bond donors (Lipinski definition) is 1. The normalized spacial score (nSPS) is 28.9. The molecule has 0 amide bonds. The van der Waals surface area contributed by atoms with Crippen molar-refractivity contribution < 1.29 is 4.79 Å². The monoisotopic (exact) mass is 285 g/mol. The number of hydrogen-bond acceptors (Lipinski definition) is 2. The number of Topliss-reactive ketones (excluding diaryl/α,β-unsaturated/α-hetero) is 1. The second kappa shape index (κ2) is 6.74. The molecular weight excluding hydrogens is 258 g/mol. The van der Waals surface area contributed by atoms with Crippen LogP contribution in [0.5, 0.6) is 0 Å². The summed E-state index contributed by atoms with van der Waals surface area (Å²) in [6.07, 6.45) is 9.24. The topological polar surface area (TPSA) is 29.1 Å². The molecule has 2 nitrogen and oxygen atoms in total. The lowest BCUT2D eigenvalue weighted by Crippen LogP contribution is -2.52. The SMILES string of the molecule is CCc1ccc(CC(=O)C2CCC3CCCCC3N2)cc1. The second-order valence-corrected chi connectivity index (χ2v) is 6.76. The van der Waals surface area contributed by atoms with E-state index in [1.807, 2.05) is 0 Å². The fourth-order valence-corrected chi connectivity index (χ4v) is 3.97. The summed E-state index contributed by atoms with van der Waals surface area (Å²) < 4.78 is 0. The molecule has 2 fully saturated rings. The lowest BCUT2D eigenvalue weighted by atomic mass is 9.77. The first-order valence-corrected chi connectivity index (χ1v) is 8.63. The highest BCUT2D eigenvalue weighted by Gasteiger charge is 2.34. The van der Waals surface area contributed by atoms with Crippen molar-refractivity contribution >= 4 is 5.78 Å². The van der Waals surface area contributed by atoms with Gasteiger partial charge in [0.25, 0.3) is 0 Å². The molecule has 0 spiro atoms. The van der Waals surface area contributed by atoms with Crippen molar-refractivity contribution in [3.8, 4) is 0 Å². The highest BCUT2D eigenvalue weighted by Crippen LogP contribution is 2.32. The lowest BCUT2D eigenvalue weighted by Gasteiger charge is -2.40. The number of ketones is 1. The molecular formula is C19H27NO. The minimum absolute atomic E-state index is 0.0928. The quantitative estimate of drug-likeness (QED) is 0.914. The molecule has 3 rings (SSSR count). The van der Waals surface area contributed by atoms with E-state index in [0.29, 0.717) is 18.2 Å². The minimum atomic E-state index is 0.0928. The van der Waals surface area contributed by atoms with E-state index in [9.17, 15) is 4.79 Å². The number of nitrogens with one attached hydrogen (secondary N) is 1. The van der Waals surface area contributed by atoms with Crippen LogP contribution in [0, 0.1) is 5.92 Å². The van der Waals surface area contributed by atoms with Gasteiger partial charge in [-0.05, 0) is 49.1 Å². The van der Waals surface area contributed by atoms with Gasteiger partial charge in [-0.25, -0.2) is 0 Å². The molecule has 3 unspecified atom stereocenters. The number of carbonyl (C=O) groups excluding carboxylic acids is 1. The van der Waals surface area contributed by atoms with Crippen molar-refractivity contribution in [3.05, 3.63) is 35.4 Å². The van der Waals surface area contributed by atoms with E-state index < -0.39 is 0 Å². The van der Waals surface area contributed by atoms with E-state index in [2.05, 4.69) is 36.5 Å². The Morgan fingerprint density at radius 2 is 1.76 bits per heavy atom. The Hall–Kier alpha value is -1.15. The Labute approximate surface area is 128 Å². The first-order chi connectivity index (χ1) is 10.3. The predicted octanol–water partition coefficient (Wildman–Crippen LogP) is 3.67. The van der Waals surface area contributed by atoms with Crippen molar-refractivity contribution in [3.63, 3.8) is 0 Å². The van der Waals surface area contributed by atoms with Crippen LogP contribution in [0.2, 0.25) is 0 Å². The van der Waals surface area contributed by atoms with E-state index in [0.717, 1.165) is 24.3 Å². The number of aryl methyl sites for hydroxylation is 1. The third kappa shape index (κ3) is 3.55. The molecule has 0 bridgehead atoms. The summed E-state index contributed by atoms with van der Waals surface area (Å²) in [5.41, 5.74) is 2.50. The highest BCUT2D eigenvalue weighted by atomic mass is 16.1. The maximum absolute atomic E-state index is 12.5. The first kappa shape index (κ1) is 14.8. The molecule has 1 N–H and O–H groups in total. The number of rotatable bonds is 4. The van der Waals surface area contributed by atoms with Gasteiger partial charge in [-0.3, -0.25) is 4.79 Å². The van der Waals surface area contributed by atoms with Crippen LogP contribution in [0.1, 0.15) is 56.6 Å². The zero-order chi connectivity index (χ0) is 14.7. The Bertz CT molecular complexity index is 479. The fraction of sp³-hybridized carbons (Fsp3) is 0.632. The van der Waals surface area contributed by atoms with Crippen LogP contribution in [0.15, 0.2) is 24.3 Å². The maximum atomic E-state index is 12.5. The molecule has 1 saturated heterocycles. The number of fused-ring (bicyclic) bond motifs is 1. The van der Waals surface area contributed by atoms with Gasteiger partial charge < -0.3 is 5.32 Å². The fourth-order valence-electron chi connectivity index (χ4n) is 3.97. The Morgan fingerprint density at radius 3 is 2.52 bits per heavy atom. The molecule has 1 aromatic carbocycles. The van der Waals surface area contributed by atoms with Crippen molar-refractivity contribution in [2.45, 2.75) is 70.4 Å². The van der Waals surface area contributed by atoms with Gasteiger partial charge >= 0.3 is 0 Å². The molecule has 21 heavy (non-hydrogen) atoms. The number of benzene rings is 1. The van der Waals surface area contributed by atoms with E-state index in [1.54, 1.807) is 0 Å². The van der Waals surface area contributed by atoms with Gasteiger partial charge in [0.15, 0.2) is 5.78 Å². The average Bonchev–Trinajstić information content (AvgIpc) is 2.55. The third-order valence-corrected chi connectivity index (χ3v) is 5.35. The molecule has 0 radical (unpaired) electrons. The molecule has 0 aromatic heterocycles. The predicted molar refractivity (Wildman–Crippen MR) is 86.4 cm³/mol. The van der Waals surface area contributed by atoms with Gasteiger partial charge in [-0.2, -0.15) is 0 Å². The van der Waals surface area contributed by atoms with Gasteiger partial charge in [0.05, 0.1) is 6.04 Å². The number of piperidine rings is 1. The smallest absolute Gasteiger partial charge is 0.154 e. The standard InChI is InChI=1S/C19H27NO/c1-2-14-7-9-15(10-8-14)13-19(21)18-12-11-16-5-3-4-6-17(16)20-18/h7-10,16-18,20H,2-6,11-13H2,1H3. The van der Waals surface area contributed by atoms with E-state index in [4.69, 9.17) is 0 Å². The van der Waals surface area contributed by atoms with Gasteiger partial charge in [0, 0.05) is 12.5 Å². The maximum Gasteiger partial charge on any atom is 0.154 e. The van der Waals surface area contributed by atoms with Crippen molar-refractivity contribution in [2.24, 2.45) is 5.92 Å². The van der Waals surface area contributed by atoms with Gasteiger partial charge in [0.2, 0.25) is 0 Å². The van der Waals surface area contributed by atoms with E-state index in [-0.39, 0.29) is 6.04 Å². The zero-order valence-corrected chi connectivity index (χ0v) is 13.1. The molecule has 1 saturated carbocycles. The van der Waals surface area contributed by atoms with Crippen LogP contribution in [0.4, 0.5) is 0 Å². The summed E-state index contributed by atoms with van der Waals surface area (Å²) in [7, 11) is 0. The summed E-state index contributed by atoms with van der Waals surface area (Å²) >= 11 is 0. The first-order valence-electron chi connectivity index (χ1n) is 8.63. The Balaban J connectivity index is 1.57. The molecule has 1 aliphatic carbocycles. The van der Waals surface area contributed by atoms with E-state index >= 15 is 0 Å². The molecule has 114 valence electrons. The average molecular weight is 285 g/mol. The Kier molecular flexibility index (Phi) is 4.74. The van der Waals surface area contributed by atoms with Crippen molar-refractivity contribution in [2.75, 3.05) is 0 Å². The van der Waals surface area contributed by atoms with E-state index in [1.165, 1.54) is 37.7 Å². The van der Waals surface area contributed by atoms with Crippen LogP contribution in [-0.2, 0) is 17.6 Å². The van der Waals surface area contributed by atoms with Crippen LogP contribution in [-0.4, -0.2) is 17.9 Å². The Morgan fingerprint density at radius 1 is 1.05 bits per heavy atom. The molecule has 2 heteroatoms. The van der Waals surface area contributed by atoms with Gasteiger partial charge in [-0.15, -0.1) is 0 Å². The van der Waals surface area contributed by atoms with Gasteiger partial charge in [-0.1, -0.05) is 44.0 Å². The van der Waals surface area contributed by atoms with Crippen LogP contribution < -0.4 is 5.32 Å². The van der Waals surface area contributed by atoms with Crippen molar-refractivity contribution in [1.29, 1.82) is 0 Å². The van der Waals surface area contributed by atoms with Gasteiger partial charge in [0.1, 0.15) is 0 Å². The number of carbonyl (C=O) groups is 1. The van der Waals surface area contributed by atoms with Crippen molar-refractivity contribution in [1.82, 2.24) is 5.32 Å². The molecule has 3 atom stereocenters. The summed E-state index contributed by atoms with van der Waals surface area (Å²) in [4.78, 5) is 12.5. The summed E-state index contributed by atoms with van der Waals surface area (Å²) in [6.45, 7) is 2.16.